The highest BCUT2D eigenvalue weighted by Gasteiger charge is 2.36. The Labute approximate surface area is 229 Å². The summed E-state index contributed by atoms with van der Waals surface area (Å²) in [6, 6.07) is 11.2. The van der Waals surface area contributed by atoms with Gasteiger partial charge in [-0.15, -0.1) is 0 Å². The van der Waals surface area contributed by atoms with Crippen molar-refractivity contribution in [1.82, 2.24) is 9.55 Å². The lowest BCUT2D eigenvalue weighted by Crippen LogP contribution is -2.35. The number of nitrogens with zero attached hydrogens (tertiary/aromatic N) is 2. The molecule has 2 unspecified atom stereocenters. The second kappa shape index (κ2) is 10.8. The van der Waals surface area contributed by atoms with Gasteiger partial charge in [0.05, 0.1) is 17.7 Å². The summed E-state index contributed by atoms with van der Waals surface area (Å²) in [5, 5.41) is 5.68. The number of carbonyl (C=O) groups excluding carboxylic acids is 2. The average molecular weight is 556 g/mol. The van der Waals surface area contributed by atoms with Crippen LogP contribution in [0.1, 0.15) is 74.3 Å². The van der Waals surface area contributed by atoms with E-state index in [1.54, 1.807) is 19.1 Å². The summed E-state index contributed by atoms with van der Waals surface area (Å²) in [6.45, 7) is 7.90. The zero-order valence-electron chi connectivity index (χ0n) is 22.7. The van der Waals surface area contributed by atoms with Crippen molar-refractivity contribution >= 4 is 23.2 Å². The lowest BCUT2D eigenvalue weighted by molar-refractivity contribution is -0.137. The fraction of sp³-hybridized carbons (Fsp3) is 0.379. The lowest BCUT2D eigenvalue weighted by atomic mass is 9.87. The minimum absolute atomic E-state index is 0.0568. The molecule has 0 saturated carbocycles. The third-order valence-electron chi connectivity index (χ3n) is 6.96. The number of amides is 2. The normalized spacial score (nSPS) is 16.9. The second-order valence-electron chi connectivity index (χ2n) is 11.1. The highest BCUT2D eigenvalue weighted by molar-refractivity contribution is 5.92. The molecular formula is C29H32F3N5O3. The van der Waals surface area contributed by atoms with E-state index < -0.39 is 35.2 Å². The van der Waals surface area contributed by atoms with Crippen molar-refractivity contribution in [2.45, 2.75) is 70.6 Å². The van der Waals surface area contributed by atoms with Gasteiger partial charge in [-0.1, -0.05) is 52.0 Å². The summed E-state index contributed by atoms with van der Waals surface area (Å²) >= 11 is 0. The number of primary amides is 1. The van der Waals surface area contributed by atoms with E-state index in [0.717, 1.165) is 17.7 Å². The second-order valence-corrected chi connectivity index (χ2v) is 11.1. The van der Waals surface area contributed by atoms with E-state index in [9.17, 15) is 27.6 Å². The molecule has 4 N–H and O–H groups in total. The van der Waals surface area contributed by atoms with Crippen molar-refractivity contribution < 1.29 is 22.8 Å². The number of aromatic nitrogens is 2. The Balaban J connectivity index is 1.65. The van der Waals surface area contributed by atoms with Gasteiger partial charge in [-0.3, -0.25) is 19.0 Å². The van der Waals surface area contributed by atoms with Crippen molar-refractivity contribution in [2.75, 3.05) is 10.6 Å². The molecule has 1 aliphatic heterocycles. The van der Waals surface area contributed by atoms with Gasteiger partial charge in [-0.05, 0) is 47.2 Å². The molecule has 4 rings (SSSR count). The number of nitrogens with one attached hydrogen (secondary N) is 2. The van der Waals surface area contributed by atoms with Gasteiger partial charge >= 0.3 is 6.18 Å². The highest BCUT2D eigenvalue weighted by atomic mass is 19.4. The Morgan fingerprint density at radius 1 is 1.07 bits per heavy atom. The first-order valence-electron chi connectivity index (χ1n) is 12.9. The molecule has 1 aliphatic rings. The van der Waals surface area contributed by atoms with Crippen LogP contribution < -0.4 is 21.9 Å². The molecule has 1 aromatic heterocycles. The summed E-state index contributed by atoms with van der Waals surface area (Å²) in [5.74, 6) is -1.06. The minimum atomic E-state index is -4.52. The standard InChI is InChI=1S/C29H32F3N5O3/c1-16-12-22(25(33)39)37-26(16)36-21(14-23(38)35-20-10-8-18(9-11-20)28(2,3)4)24(27(37)40)34-15-17-6-5-7-19(13-17)29(30,31)32/h5-11,13,16,22,34H,12,14-15H2,1-4H3,(H2,33,39)(H,35,38). The maximum Gasteiger partial charge on any atom is 0.416 e. The third-order valence-corrected chi connectivity index (χ3v) is 6.96. The van der Waals surface area contributed by atoms with E-state index in [4.69, 9.17) is 5.73 Å². The van der Waals surface area contributed by atoms with Crippen molar-refractivity contribution in [3.8, 4) is 0 Å². The van der Waals surface area contributed by atoms with Crippen molar-refractivity contribution in [2.24, 2.45) is 5.73 Å². The molecule has 0 bridgehead atoms. The number of alkyl halides is 3. The molecule has 8 nitrogen and oxygen atoms in total. The van der Waals surface area contributed by atoms with Gasteiger partial charge in [0, 0.05) is 18.2 Å². The van der Waals surface area contributed by atoms with Crippen molar-refractivity contribution in [3.63, 3.8) is 0 Å². The Hall–Kier alpha value is -4.15. The van der Waals surface area contributed by atoms with E-state index in [1.165, 1.54) is 16.7 Å². The van der Waals surface area contributed by atoms with Gasteiger partial charge in [0.25, 0.3) is 5.56 Å². The molecule has 0 radical (unpaired) electrons. The lowest BCUT2D eigenvalue weighted by Gasteiger charge is -2.19. The molecule has 40 heavy (non-hydrogen) atoms. The van der Waals surface area contributed by atoms with Gasteiger partial charge in [0.1, 0.15) is 17.6 Å². The van der Waals surface area contributed by atoms with Crippen LogP contribution in [0.2, 0.25) is 0 Å². The molecule has 2 aromatic carbocycles. The van der Waals surface area contributed by atoms with Crippen LogP contribution in [0.5, 0.6) is 0 Å². The van der Waals surface area contributed by atoms with Crippen LogP contribution >= 0.6 is 0 Å². The van der Waals surface area contributed by atoms with Crippen LogP contribution in [0.25, 0.3) is 0 Å². The molecule has 3 aromatic rings. The molecule has 0 aliphatic carbocycles. The largest absolute Gasteiger partial charge is 0.416 e. The predicted octanol–water partition coefficient (Wildman–Crippen LogP) is 4.89. The average Bonchev–Trinajstić information content (AvgIpc) is 3.20. The van der Waals surface area contributed by atoms with Gasteiger partial charge < -0.3 is 16.4 Å². The topological polar surface area (TPSA) is 119 Å². The molecule has 11 heteroatoms. The third kappa shape index (κ3) is 6.19. The number of halogens is 3. The quantitative estimate of drug-likeness (QED) is 0.384. The zero-order chi connectivity index (χ0) is 29.4. The first kappa shape index (κ1) is 28.8. The van der Waals surface area contributed by atoms with Crippen LogP contribution in [0, 0.1) is 0 Å². The van der Waals surface area contributed by atoms with Crippen LogP contribution in [0.4, 0.5) is 24.5 Å². The number of hydrogen-bond acceptors (Lipinski definition) is 5. The van der Waals surface area contributed by atoms with E-state index in [-0.39, 0.29) is 47.7 Å². The SMILES string of the molecule is CC1CC(C(N)=O)n2c1nc(CC(=O)Nc1ccc(C(C)(C)C)cc1)c(NCc1cccc(C(F)(F)F)c1)c2=O. The van der Waals surface area contributed by atoms with Crippen molar-refractivity contribution in [1.29, 1.82) is 0 Å². The number of anilines is 2. The first-order chi connectivity index (χ1) is 18.6. The Bertz CT molecular complexity index is 1490. The van der Waals surface area contributed by atoms with Gasteiger partial charge in [-0.2, -0.15) is 13.2 Å². The van der Waals surface area contributed by atoms with E-state index in [1.807, 2.05) is 12.1 Å². The molecular weight excluding hydrogens is 523 g/mol. The number of fused-ring (bicyclic) bond motifs is 1. The molecule has 2 amide bonds. The van der Waals surface area contributed by atoms with E-state index in [2.05, 4.69) is 36.4 Å². The fourth-order valence-electron chi connectivity index (χ4n) is 4.80. The number of benzene rings is 2. The number of nitrogens with two attached hydrogens (primary N) is 1. The van der Waals surface area contributed by atoms with Gasteiger partial charge in [0.15, 0.2) is 0 Å². The summed E-state index contributed by atoms with van der Waals surface area (Å²) in [7, 11) is 0. The predicted molar refractivity (Wildman–Crippen MR) is 146 cm³/mol. The molecule has 212 valence electrons. The molecule has 2 atom stereocenters. The molecule has 0 saturated heterocycles. The Morgan fingerprint density at radius 3 is 2.35 bits per heavy atom. The summed E-state index contributed by atoms with van der Waals surface area (Å²) in [6.07, 6.45) is -4.52. The maximum atomic E-state index is 13.6. The van der Waals surface area contributed by atoms with Gasteiger partial charge in [0.2, 0.25) is 11.8 Å². The van der Waals surface area contributed by atoms with Gasteiger partial charge in [-0.25, -0.2) is 4.98 Å². The summed E-state index contributed by atoms with van der Waals surface area (Å²) in [5.41, 5.74) is 6.04. The van der Waals surface area contributed by atoms with Crippen molar-refractivity contribution in [3.05, 3.63) is 87.1 Å². The number of carbonyl (C=O) groups is 2. The molecule has 0 spiro atoms. The van der Waals surface area contributed by atoms with Crippen LogP contribution in [0.15, 0.2) is 53.3 Å². The Kier molecular flexibility index (Phi) is 7.78. The zero-order valence-corrected chi connectivity index (χ0v) is 22.7. The highest BCUT2D eigenvalue weighted by Crippen LogP contribution is 2.34. The van der Waals surface area contributed by atoms with E-state index >= 15 is 0 Å². The van der Waals surface area contributed by atoms with E-state index in [0.29, 0.717) is 11.5 Å². The van der Waals surface area contributed by atoms with Crippen LogP contribution in [-0.2, 0) is 34.1 Å². The van der Waals surface area contributed by atoms with Crippen LogP contribution in [0.3, 0.4) is 0 Å². The summed E-state index contributed by atoms with van der Waals surface area (Å²) in [4.78, 5) is 43.3. The molecule has 2 heterocycles. The van der Waals surface area contributed by atoms with Crippen LogP contribution in [-0.4, -0.2) is 21.4 Å². The number of rotatable bonds is 7. The first-order valence-corrected chi connectivity index (χ1v) is 12.9. The number of hydrogen-bond donors (Lipinski definition) is 3. The summed E-state index contributed by atoms with van der Waals surface area (Å²) < 4.78 is 40.8. The smallest absolute Gasteiger partial charge is 0.375 e. The minimum Gasteiger partial charge on any atom is -0.375 e. The fourth-order valence-corrected chi connectivity index (χ4v) is 4.80. The Morgan fingerprint density at radius 2 is 1.75 bits per heavy atom. The maximum absolute atomic E-state index is 13.6. The monoisotopic (exact) mass is 555 g/mol. The molecule has 0 fully saturated rings.